The predicted octanol–water partition coefficient (Wildman–Crippen LogP) is 3.31. The maximum atomic E-state index is 12.3. The van der Waals surface area contributed by atoms with E-state index in [0.717, 1.165) is 19.9 Å². The zero-order valence-corrected chi connectivity index (χ0v) is 13.9. The average Bonchev–Trinajstić information content (AvgIpc) is 3.08. The van der Waals surface area contributed by atoms with Crippen LogP contribution in [0.3, 0.4) is 0 Å². The van der Waals surface area contributed by atoms with Crippen LogP contribution in [0.25, 0.3) is 9.88 Å². The Labute approximate surface area is 136 Å². The molecule has 1 saturated heterocycles. The second kappa shape index (κ2) is 6.44. The van der Waals surface area contributed by atoms with Crippen LogP contribution in [-0.4, -0.2) is 41.6 Å². The molecule has 4 nitrogen and oxygen atoms in total. The van der Waals surface area contributed by atoms with Gasteiger partial charge in [-0.3, -0.25) is 4.79 Å². The van der Waals surface area contributed by atoms with E-state index in [9.17, 15) is 4.79 Å². The molecule has 1 unspecified atom stereocenters. The van der Waals surface area contributed by atoms with Gasteiger partial charge in [0.05, 0.1) is 40.6 Å². The first-order valence-electron chi connectivity index (χ1n) is 6.71. The summed E-state index contributed by atoms with van der Waals surface area (Å²) in [7, 11) is 0. The minimum Gasteiger partial charge on any atom is -0.377 e. The van der Waals surface area contributed by atoms with E-state index < -0.39 is 0 Å². The molecule has 0 N–H and O–H groups in total. The fraction of sp³-hybridized carbons (Fsp3) is 0.429. The summed E-state index contributed by atoms with van der Waals surface area (Å²) in [4.78, 5) is 19.8. The van der Waals surface area contributed by atoms with Crippen molar-refractivity contribution in [2.45, 2.75) is 19.4 Å². The van der Waals surface area contributed by atoms with Crippen LogP contribution in [0.1, 0.15) is 12.6 Å². The van der Waals surface area contributed by atoms with E-state index in [1.54, 1.807) is 11.3 Å². The highest BCUT2D eigenvalue weighted by Crippen LogP contribution is 2.33. The molecule has 0 radical (unpaired) electrons. The topological polar surface area (TPSA) is 42.4 Å². The molecule has 0 aliphatic carbocycles. The highest BCUT2D eigenvalue weighted by molar-refractivity contribution is 7.23. The van der Waals surface area contributed by atoms with Gasteiger partial charge < -0.3 is 9.64 Å². The first kappa shape index (κ1) is 15.0. The molecule has 21 heavy (non-hydrogen) atoms. The molecule has 0 bridgehead atoms. The van der Waals surface area contributed by atoms with Gasteiger partial charge in [0.1, 0.15) is 5.01 Å². The first-order valence-corrected chi connectivity index (χ1v) is 8.78. The number of halogens is 1. The number of ether oxygens (including phenoxy) is 1. The SMILES string of the molecule is CC1COCCN1C(=O)Cc1csc(-c2ccc(Cl)s2)n1. The van der Waals surface area contributed by atoms with Crippen LogP contribution in [0.4, 0.5) is 0 Å². The molecule has 1 atom stereocenters. The summed E-state index contributed by atoms with van der Waals surface area (Å²) in [6, 6.07) is 3.96. The number of hydrogen-bond donors (Lipinski definition) is 0. The first-order chi connectivity index (χ1) is 10.1. The Morgan fingerprint density at radius 2 is 2.43 bits per heavy atom. The molecule has 7 heteroatoms. The Kier molecular flexibility index (Phi) is 4.59. The quantitative estimate of drug-likeness (QED) is 0.859. The minimum atomic E-state index is 0.117. The van der Waals surface area contributed by atoms with Crippen LogP contribution in [0.5, 0.6) is 0 Å². The van der Waals surface area contributed by atoms with E-state index in [2.05, 4.69) is 4.98 Å². The van der Waals surface area contributed by atoms with Crippen LogP contribution < -0.4 is 0 Å². The van der Waals surface area contributed by atoms with Gasteiger partial charge in [-0.15, -0.1) is 22.7 Å². The highest BCUT2D eigenvalue weighted by Gasteiger charge is 2.24. The van der Waals surface area contributed by atoms with Crippen molar-refractivity contribution in [2.75, 3.05) is 19.8 Å². The molecule has 3 heterocycles. The maximum absolute atomic E-state index is 12.3. The molecule has 0 aromatic carbocycles. The molecule has 1 aliphatic rings. The fourth-order valence-electron chi connectivity index (χ4n) is 2.28. The van der Waals surface area contributed by atoms with Gasteiger partial charge in [0, 0.05) is 11.9 Å². The summed E-state index contributed by atoms with van der Waals surface area (Å²) < 4.78 is 6.11. The van der Waals surface area contributed by atoms with Gasteiger partial charge in [0.15, 0.2) is 0 Å². The monoisotopic (exact) mass is 342 g/mol. The zero-order valence-electron chi connectivity index (χ0n) is 11.5. The molecule has 2 aromatic rings. The van der Waals surface area contributed by atoms with Gasteiger partial charge in [-0.25, -0.2) is 4.98 Å². The molecule has 1 fully saturated rings. The summed E-state index contributed by atoms with van der Waals surface area (Å²) in [5.41, 5.74) is 0.822. The van der Waals surface area contributed by atoms with Crippen molar-refractivity contribution in [2.24, 2.45) is 0 Å². The lowest BCUT2D eigenvalue weighted by atomic mass is 10.2. The minimum absolute atomic E-state index is 0.117. The number of nitrogens with zero attached hydrogens (tertiary/aromatic N) is 2. The molecular weight excluding hydrogens is 328 g/mol. The predicted molar refractivity (Wildman–Crippen MR) is 86.1 cm³/mol. The van der Waals surface area contributed by atoms with Gasteiger partial charge in [-0.05, 0) is 19.1 Å². The van der Waals surface area contributed by atoms with Crippen molar-refractivity contribution in [1.82, 2.24) is 9.88 Å². The smallest absolute Gasteiger partial charge is 0.229 e. The molecule has 0 spiro atoms. The van der Waals surface area contributed by atoms with Crippen molar-refractivity contribution in [3.63, 3.8) is 0 Å². The Morgan fingerprint density at radius 3 is 3.14 bits per heavy atom. The average molecular weight is 343 g/mol. The van der Waals surface area contributed by atoms with Gasteiger partial charge in [0.25, 0.3) is 0 Å². The third kappa shape index (κ3) is 3.45. The number of amides is 1. The van der Waals surface area contributed by atoms with Crippen molar-refractivity contribution >= 4 is 40.2 Å². The number of thiophene rings is 1. The van der Waals surface area contributed by atoms with E-state index in [-0.39, 0.29) is 11.9 Å². The van der Waals surface area contributed by atoms with Crippen LogP contribution in [0.15, 0.2) is 17.5 Å². The molecule has 0 saturated carbocycles. The molecule has 3 rings (SSSR count). The third-order valence-corrected chi connectivity index (χ3v) is 5.65. The Bertz CT molecular complexity index is 640. The largest absolute Gasteiger partial charge is 0.377 e. The van der Waals surface area contributed by atoms with E-state index in [0.29, 0.717) is 26.2 Å². The maximum Gasteiger partial charge on any atom is 0.229 e. The standard InChI is InChI=1S/C14H15ClN2O2S2/c1-9-7-19-5-4-17(9)13(18)6-10-8-20-14(16-10)11-2-3-12(15)21-11/h2-3,8-9H,4-7H2,1H3. The molecule has 1 amide bonds. The number of hydrogen-bond acceptors (Lipinski definition) is 5. The summed E-state index contributed by atoms with van der Waals surface area (Å²) >= 11 is 9.00. The molecule has 1 aliphatic heterocycles. The van der Waals surface area contributed by atoms with Gasteiger partial charge >= 0.3 is 0 Å². The number of aromatic nitrogens is 1. The summed E-state index contributed by atoms with van der Waals surface area (Å²) in [5, 5.41) is 2.87. The highest BCUT2D eigenvalue weighted by atomic mass is 35.5. The second-order valence-electron chi connectivity index (χ2n) is 4.94. The van der Waals surface area contributed by atoms with Gasteiger partial charge in [0.2, 0.25) is 5.91 Å². The lowest BCUT2D eigenvalue weighted by Crippen LogP contribution is -2.47. The van der Waals surface area contributed by atoms with E-state index in [1.165, 1.54) is 11.3 Å². The van der Waals surface area contributed by atoms with E-state index in [1.807, 2.05) is 29.3 Å². The van der Waals surface area contributed by atoms with Crippen LogP contribution in [-0.2, 0) is 16.0 Å². The molecule has 2 aromatic heterocycles. The summed E-state index contributed by atoms with van der Waals surface area (Å²) in [5.74, 6) is 0.117. The van der Waals surface area contributed by atoms with E-state index in [4.69, 9.17) is 16.3 Å². The van der Waals surface area contributed by atoms with Crippen LogP contribution in [0, 0.1) is 0 Å². The molecular formula is C14H15ClN2O2S2. The number of morpholine rings is 1. The van der Waals surface area contributed by atoms with Gasteiger partial charge in [-0.1, -0.05) is 11.6 Å². The summed E-state index contributed by atoms with van der Waals surface area (Å²) in [6.45, 7) is 3.91. The number of thiazole rings is 1. The van der Waals surface area contributed by atoms with Crippen molar-refractivity contribution < 1.29 is 9.53 Å². The Balaban J connectivity index is 1.68. The van der Waals surface area contributed by atoms with Crippen LogP contribution >= 0.6 is 34.3 Å². The molecule has 112 valence electrons. The Morgan fingerprint density at radius 1 is 1.57 bits per heavy atom. The van der Waals surface area contributed by atoms with Crippen molar-refractivity contribution in [3.8, 4) is 9.88 Å². The summed E-state index contributed by atoms with van der Waals surface area (Å²) in [6.07, 6.45) is 0.347. The lowest BCUT2D eigenvalue weighted by Gasteiger charge is -2.33. The normalized spacial score (nSPS) is 19.0. The van der Waals surface area contributed by atoms with Crippen LogP contribution in [0.2, 0.25) is 4.34 Å². The number of carbonyl (C=O) groups excluding carboxylic acids is 1. The van der Waals surface area contributed by atoms with Crippen molar-refractivity contribution in [3.05, 3.63) is 27.5 Å². The Hall–Kier alpha value is -0.950. The van der Waals surface area contributed by atoms with E-state index >= 15 is 0 Å². The lowest BCUT2D eigenvalue weighted by molar-refractivity contribution is -0.138. The number of carbonyl (C=O) groups is 1. The fourth-order valence-corrected chi connectivity index (χ4v) is 4.22. The third-order valence-electron chi connectivity index (χ3n) is 3.36. The number of rotatable bonds is 3. The van der Waals surface area contributed by atoms with Crippen molar-refractivity contribution in [1.29, 1.82) is 0 Å². The van der Waals surface area contributed by atoms with Gasteiger partial charge in [-0.2, -0.15) is 0 Å². The zero-order chi connectivity index (χ0) is 14.8. The second-order valence-corrected chi connectivity index (χ2v) is 7.51.